The third-order valence-corrected chi connectivity index (χ3v) is 8.26. The second-order valence-corrected chi connectivity index (χ2v) is 12.0. The molecule has 4 rings (SSSR count). The van der Waals surface area contributed by atoms with E-state index < -0.39 is 0 Å². The SMILES string of the molecule is C[N+]1=C(C=CC=CC=C2N(CCCCCC(=O)I)c3ccccc3C2(C)C)C(C)(C)c2ccccc21. The predicted molar refractivity (Wildman–Crippen MR) is 161 cm³/mol. The van der Waals surface area contributed by atoms with Gasteiger partial charge in [0.2, 0.25) is 5.69 Å². The second kappa shape index (κ2) is 10.9. The maximum atomic E-state index is 11.3. The zero-order valence-electron chi connectivity index (χ0n) is 22.2. The number of fused-ring (bicyclic) bond motifs is 2. The lowest BCUT2D eigenvalue weighted by Crippen LogP contribution is -2.27. The Morgan fingerprint density at radius 2 is 1.58 bits per heavy atom. The van der Waals surface area contributed by atoms with Gasteiger partial charge >= 0.3 is 0 Å². The maximum Gasteiger partial charge on any atom is 0.209 e. The van der Waals surface area contributed by atoms with Gasteiger partial charge in [-0.05, 0) is 67.0 Å². The molecule has 2 aromatic rings. The molecule has 0 saturated heterocycles. The van der Waals surface area contributed by atoms with Gasteiger partial charge in [-0.1, -0.05) is 74.9 Å². The number of allylic oxidation sites excluding steroid dienone is 6. The Hall–Kier alpha value is -2.47. The van der Waals surface area contributed by atoms with Crippen molar-refractivity contribution in [1.29, 1.82) is 0 Å². The fourth-order valence-electron chi connectivity index (χ4n) is 5.75. The van der Waals surface area contributed by atoms with E-state index in [1.54, 1.807) is 0 Å². The van der Waals surface area contributed by atoms with Crippen LogP contribution in [-0.4, -0.2) is 27.7 Å². The average molecular weight is 594 g/mol. The Morgan fingerprint density at radius 1 is 0.889 bits per heavy atom. The number of hydrogen-bond acceptors (Lipinski definition) is 2. The first-order chi connectivity index (χ1) is 17.2. The monoisotopic (exact) mass is 593 g/mol. The van der Waals surface area contributed by atoms with Gasteiger partial charge in [-0.15, -0.1) is 0 Å². The van der Waals surface area contributed by atoms with Crippen molar-refractivity contribution < 1.29 is 9.37 Å². The Balaban J connectivity index is 1.52. The summed E-state index contributed by atoms with van der Waals surface area (Å²) in [5.41, 5.74) is 7.93. The minimum Gasteiger partial charge on any atom is -0.344 e. The summed E-state index contributed by atoms with van der Waals surface area (Å²) in [6.45, 7) is 10.2. The molecule has 0 N–H and O–H groups in total. The molecule has 3 nitrogen and oxygen atoms in total. The maximum absolute atomic E-state index is 11.3. The zero-order valence-corrected chi connectivity index (χ0v) is 24.4. The number of carbonyl (C=O) groups is 1. The third kappa shape index (κ3) is 5.15. The predicted octanol–water partition coefficient (Wildman–Crippen LogP) is 8.01. The zero-order chi connectivity index (χ0) is 25.9. The molecule has 0 fully saturated rings. The Labute approximate surface area is 230 Å². The molecule has 2 aliphatic heterocycles. The topological polar surface area (TPSA) is 23.3 Å². The Morgan fingerprint density at radius 3 is 2.31 bits per heavy atom. The highest BCUT2D eigenvalue weighted by molar-refractivity contribution is 14.1. The molecule has 4 heteroatoms. The number of carbonyl (C=O) groups excluding carboxylic acids is 1. The van der Waals surface area contributed by atoms with Crippen LogP contribution in [0.5, 0.6) is 0 Å². The van der Waals surface area contributed by atoms with E-state index in [0.29, 0.717) is 6.42 Å². The number of unbranched alkanes of at least 4 members (excludes halogenated alkanes) is 2. The third-order valence-electron chi connectivity index (χ3n) is 7.73. The summed E-state index contributed by atoms with van der Waals surface area (Å²) in [7, 11) is 2.16. The highest BCUT2D eigenvalue weighted by atomic mass is 127. The molecule has 0 amide bonds. The normalized spacial score (nSPS) is 19.1. The summed E-state index contributed by atoms with van der Waals surface area (Å²) in [6.07, 6.45) is 14.8. The van der Waals surface area contributed by atoms with Gasteiger partial charge in [-0.2, -0.15) is 4.58 Å². The van der Waals surface area contributed by atoms with Gasteiger partial charge in [0.15, 0.2) is 9.50 Å². The molecule has 188 valence electrons. The van der Waals surface area contributed by atoms with Gasteiger partial charge in [0, 0.05) is 47.5 Å². The van der Waals surface area contributed by atoms with Gasteiger partial charge in [0.05, 0.1) is 5.41 Å². The van der Waals surface area contributed by atoms with Crippen LogP contribution in [0.3, 0.4) is 0 Å². The van der Waals surface area contributed by atoms with Crippen molar-refractivity contribution in [2.45, 2.75) is 64.2 Å². The summed E-state index contributed by atoms with van der Waals surface area (Å²) >= 11 is 1.90. The number of nitrogens with zero attached hydrogens (tertiary/aromatic N) is 2. The molecule has 0 atom stereocenters. The summed E-state index contributed by atoms with van der Waals surface area (Å²) in [6, 6.07) is 17.4. The number of halogens is 1. The van der Waals surface area contributed by atoms with Gasteiger partial charge in [0.1, 0.15) is 7.05 Å². The summed E-state index contributed by atoms with van der Waals surface area (Å²) in [4.78, 5) is 13.8. The molecule has 2 heterocycles. The van der Waals surface area contributed by atoms with Crippen LogP contribution in [0.4, 0.5) is 11.4 Å². The van der Waals surface area contributed by atoms with Crippen LogP contribution >= 0.6 is 22.6 Å². The van der Waals surface area contributed by atoms with Crippen molar-refractivity contribution in [3.8, 4) is 0 Å². The van der Waals surface area contributed by atoms with Crippen molar-refractivity contribution >= 4 is 43.5 Å². The number of hydrogen-bond donors (Lipinski definition) is 0. The lowest BCUT2D eigenvalue weighted by molar-refractivity contribution is -0.401. The van der Waals surface area contributed by atoms with Gasteiger partial charge in [0.25, 0.3) is 0 Å². The highest BCUT2D eigenvalue weighted by Gasteiger charge is 2.42. The number of anilines is 1. The first-order valence-electron chi connectivity index (χ1n) is 13.0. The van der Waals surface area contributed by atoms with Crippen molar-refractivity contribution in [2.75, 3.05) is 18.5 Å². The molecular formula is C32H38IN2O+. The van der Waals surface area contributed by atoms with Crippen LogP contribution in [-0.2, 0) is 15.6 Å². The molecule has 0 radical (unpaired) electrons. The van der Waals surface area contributed by atoms with E-state index in [-0.39, 0.29) is 14.6 Å². The van der Waals surface area contributed by atoms with Crippen LogP contribution in [0.15, 0.2) is 84.6 Å². The van der Waals surface area contributed by atoms with Crippen molar-refractivity contribution in [3.05, 3.63) is 95.7 Å². The number of benzene rings is 2. The Kier molecular flexibility index (Phi) is 8.03. The fourth-order valence-corrected chi connectivity index (χ4v) is 6.13. The Bertz CT molecular complexity index is 1260. The molecule has 0 unspecified atom stereocenters. The standard InChI is InChI=1S/C32H38IN2O/c1-31(2)24-16-11-13-18-26(24)34(5)28(31)20-8-6-9-21-29-32(3,4)25-17-12-14-19-27(25)35(29)23-15-7-10-22-30(33)36/h6,8-9,11-14,16-21H,7,10,15,22-23H2,1-5H3/q+1. The van der Waals surface area contributed by atoms with Gasteiger partial charge in [-0.25, -0.2) is 0 Å². The molecule has 36 heavy (non-hydrogen) atoms. The van der Waals surface area contributed by atoms with Gasteiger partial charge < -0.3 is 4.90 Å². The van der Waals surface area contributed by atoms with Crippen LogP contribution < -0.4 is 4.90 Å². The molecule has 0 aromatic heterocycles. The molecule has 0 spiro atoms. The van der Waals surface area contributed by atoms with E-state index in [9.17, 15) is 4.79 Å². The molecule has 2 aliphatic rings. The van der Waals surface area contributed by atoms with E-state index in [1.807, 2.05) is 22.6 Å². The van der Waals surface area contributed by atoms with Crippen LogP contribution in [0.2, 0.25) is 0 Å². The van der Waals surface area contributed by atoms with Crippen LogP contribution in [0.1, 0.15) is 64.5 Å². The van der Waals surface area contributed by atoms with Gasteiger partial charge in [-0.3, -0.25) is 4.79 Å². The average Bonchev–Trinajstić information content (AvgIpc) is 3.18. The highest BCUT2D eigenvalue weighted by Crippen LogP contribution is 2.47. The minimum atomic E-state index is -0.0487. The van der Waals surface area contributed by atoms with E-state index in [4.69, 9.17) is 0 Å². The first kappa shape index (κ1) is 26.6. The summed E-state index contributed by atoms with van der Waals surface area (Å²) in [5.74, 6) is 0. The largest absolute Gasteiger partial charge is 0.344 e. The van der Waals surface area contributed by atoms with Crippen molar-refractivity contribution in [1.82, 2.24) is 0 Å². The quantitative estimate of drug-likeness (QED) is 0.0967. The fraction of sp³-hybridized carbons (Fsp3) is 0.375. The van der Waals surface area contributed by atoms with Crippen LogP contribution in [0, 0.1) is 0 Å². The summed E-state index contributed by atoms with van der Waals surface area (Å²) in [5, 5.41) is 0. The molecule has 0 aliphatic carbocycles. The smallest absolute Gasteiger partial charge is 0.209 e. The van der Waals surface area contributed by atoms with Crippen molar-refractivity contribution in [2.24, 2.45) is 0 Å². The number of rotatable bonds is 9. The van der Waals surface area contributed by atoms with E-state index in [2.05, 4.69) is 123 Å². The number of para-hydroxylation sites is 2. The molecule has 0 bridgehead atoms. The van der Waals surface area contributed by atoms with Crippen molar-refractivity contribution in [3.63, 3.8) is 0 Å². The lowest BCUT2D eigenvalue weighted by Gasteiger charge is -2.27. The van der Waals surface area contributed by atoms with E-state index >= 15 is 0 Å². The lowest BCUT2D eigenvalue weighted by atomic mass is 9.81. The first-order valence-corrected chi connectivity index (χ1v) is 14.0. The summed E-state index contributed by atoms with van der Waals surface area (Å²) < 4.78 is 2.57. The molecule has 2 aromatic carbocycles. The minimum absolute atomic E-state index is 0.0120. The molecule has 0 saturated carbocycles. The second-order valence-electron chi connectivity index (χ2n) is 10.8. The van der Waals surface area contributed by atoms with E-state index in [0.717, 1.165) is 25.8 Å². The van der Waals surface area contributed by atoms with E-state index in [1.165, 1.54) is 33.9 Å². The van der Waals surface area contributed by atoms with Crippen LogP contribution in [0.25, 0.3) is 0 Å². The molecular weight excluding hydrogens is 555 g/mol.